The predicted molar refractivity (Wildman–Crippen MR) is 86.9 cm³/mol. The van der Waals surface area contributed by atoms with Crippen LogP contribution in [-0.4, -0.2) is 19.1 Å². The van der Waals surface area contributed by atoms with Crippen LogP contribution in [0.1, 0.15) is 49.4 Å². The molecule has 0 saturated heterocycles. The molecule has 0 atom stereocenters. The fourth-order valence-electron chi connectivity index (χ4n) is 2.88. The predicted octanol–water partition coefficient (Wildman–Crippen LogP) is 4.09. The first-order valence-electron chi connectivity index (χ1n) is 7.61. The Balaban J connectivity index is 2.06. The lowest BCUT2D eigenvalue weighted by Crippen LogP contribution is -2.13. The number of halogens is 1. The number of hydrogen-bond donors (Lipinski definition) is 2. The summed E-state index contributed by atoms with van der Waals surface area (Å²) in [6.07, 6.45) is 6.38. The topological polar surface area (TPSA) is 64.3 Å². The molecule has 4 nitrogen and oxygen atoms in total. The van der Waals surface area contributed by atoms with Gasteiger partial charge in [0.1, 0.15) is 0 Å². The molecule has 0 bridgehead atoms. The summed E-state index contributed by atoms with van der Waals surface area (Å²) in [5.41, 5.74) is 7.27. The second-order valence-electron chi connectivity index (χ2n) is 5.51. The van der Waals surface area contributed by atoms with Gasteiger partial charge in [0.2, 0.25) is 0 Å². The van der Waals surface area contributed by atoms with Gasteiger partial charge in [-0.15, -0.1) is 0 Å². The third kappa shape index (κ3) is 4.27. The number of esters is 1. The van der Waals surface area contributed by atoms with Gasteiger partial charge in [-0.2, -0.15) is 0 Å². The van der Waals surface area contributed by atoms with Crippen LogP contribution in [0.25, 0.3) is 0 Å². The Morgan fingerprint density at radius 1 is 1.43 bits per heavy atom. The van der Waals surface area contributed by atoms with E-state index in [1.807, 2.05) is 0 Å². The monoisotopic (exact) mass is 310 g/mol. The number of benzene rings is 1. The molecule has 5 heteroatoms. The minimum Gasteiger partial charge on any atom is -0.462 e. The molecule has 1 saturated carbocycles. The van der Waals surface area contributed by atoms with E-state index in [-0.39, 0.29) is 0 Å². The Morgan fingerprint density at radius 2 is 2.14 bits per heavy atom. The molecule has 1 aromatic carbocycles. The van der Waals surface area contributed by atoms with Gasteiger partial charge in [0, 0.05) is 12.2 Å². The molecule has 0 aromatic heterocycles. The van der Waals surface area contributed by atoms with E-state index in [2.05, 4.69) is 5.32 Å². The van der Waals surface area contributed by atoms with Crippen LogP contribution in [0.5, 0.6) is 0 Å². The zero-order valence-electron chi connectivity index (χ0n) is 12.5. The van der Waals surface area contributed by atoms with E-state index in [0.717, 1.165) is 18.9 Å². The molecule has 0 heterocycles. The number of carbonyl (C=O) groups is 1. The summed E-state index contributed by atoms with van der Waals surface area (Å²) in [6.45, 7) is 2.91. The minimum atomic E-state index is -0.393. The number of nitrogen functional groups attached to an aromatic ring is 1. The third-order valence-corrected chi connectivity index (χ3v) is 4.24. The second kappa shape index (κ2) is 7.55. The fourth-order valence-corrected chi connectivity index (χ4v) is 3.17. The van der Waals surface area contributed by atoms with E-state index in [9.17, 15) is 4.79 Å². The number of rotatable bonds is 6. The number of anilines is 2. The molecule has 0 aliphatic heterocycles. The van der Waals surface area contributed by atoms with Crippen molar-refractivity contribution < 1.29 is 9.53 Å². The highest BCUT2D eigenvalue weighted by molar-refractivity contribution is 6.34. The molecule has 0 unspecified atom stereocenters. The van der Waals surface area contributed by atoms with Crippen LogP contribution in [0.4, 0.5) is 11.4 Å². The van der Waals surface area contributed by atoms with E-state index >= 15 is 0 Å². The van der Waals surface area contributed by atoms with Crippen molar-refractivity contribution in [2.75, 3.05) is 24.2 Å². The number of hydrogen-bond acceptors (Lipinski definition) is 4. The van der Waals surface area contributed by atoms with E-state index in [0.29, 0.717) is 28.6 Å². The van der Waals surface area contributed by atoms with Crippen LogP contribution < -0.4 is 11.1 Å². The minimum absolute atomic E-state index is 0.326. The molecular formula is C16H23ClN2O2. The standard InChI is InChI=1S/C16H23ClN2O2/c1-2-21-16(20)13-9-12(18)10-14(17)15(13)19-8-7-11-5-3-4-6-11/h9-11,19H,2-8,18H2,1H3. The van der Waals surface area contributed by atoms with Gasteiger partial charge >= 0.3 is 5.97 Å². The highest BCUT2D eigenvalue weighted by atomic mass is 35.5. The summed E-state index contributed by atoms with van der Waals surface area (Å²) in [7, 11) is 0. The molecule has 1 aromatic rings. The van der Waals surface area contributed by atoms with Gasteiger partial charge in [0.05, 0.1) is 22.9 Å². The lowest BCUT2D eigenvalue weighted by Gasteiger charge is -2.15. The highest BCUT2D eigenvalue weighted by Gasteiger charge is 2.18. The third-order valence-electron chi connectivity index (χ3n) is 3.94. The van der Waals surface area contributed by atoms with Crippen molar-refractivity contribution in [3.8, 4) is 0 Å². The van der Waals surface area contributed by atoms with Gasteiger partial charge in [-0.05, 0) is 31.4 Å². The molecule has 0 radical (unpaired) electrons. The first kappa shape index (κ1) is 16.0. The lowest BCUT2D eigenvalue weighted by molar-refractivity contribution is 0.0527. The van der Waals surface area contributed by atoms with Crippen LogP contribution in [0, 0.1) is 5.92 Å². The normalized spacial score (nSPS) is 15.1. The molecule has 21 heavy (non-hydrogen) atoms. The van der Waals surface area contributed by atoms with E-state index in [1.54, 1.807) is 19.1 Å². The number of carbonyl (C=O) groups excluding carboxylic acids is 1. The van der Waals surface area contributed by atoms with Crippen molar-refractivity contribution in [1.82, 2.24) is 0 Å². The van der Waals surface area contributed by atoms with E-state index < -0.39 is 5.97 Å². The average Bonchev–Trinajstić information content (AvgIpc) is 2.94. The summed E-state index contributed by atoms with van der Waals surface area (Å²) in [5, 5.41) is 3.75. The van der Waals surface area contributed by atoms with Gasteiger partial charge < -0.3 is 15.8 Å². The molecule has 1 aliphatic carbocycles. The molecule has 0 spiro atoms. The number of ether oxygens (including phenoxy) is 1. The zero-order valence-corrected chi connectivity index (χ0v) is 13.2. The van der Waals surface area contributed by atoms with Gasteiger partial charge in [-0.3, -0.25) is 0 Å². The Kier molecular flexibility index (Phi) is 5.74. The second-order valence-corrected chi connectivity index (χ2v) is 5.92. The van der Waals surface area contributed by atoms with Gasteiger partial charge in [-0.25, -0.2) is 4.79 Å². The van der Waals surface area contributed by atoms with Crippen LogP contribution >= 0.6 is 11.6 Å². The van der Waals surface area contributed by atoms with Crippen molar-refractivity contribution in [2.45, 2.75) is 39.0 Å². The molecular weight excluding hydrogens is 288 g/mol. The molecule has 3 N–H and O–H groups in total. The Morgan fingerprint density at radius 3 is 2.81 bits per heavy atom. The Hall–Kier alpha value is -1.42. The smallest absolute Gasteiger partial charge is 0.340 e. The van der Waals surface area contributed by atoms with Gasteiger partial charge in [0.15, 0.2) is 0 Å². The Bertz CT molecular complexity index is 499. The maximum Gasteiger partial charge on any atom is 0.340 e. The molecule has 1 fully saturated rings. The van der Waals surface area contributed by atoms with Gasteiger partial charge in [-0.1, -0.05) is 37.3 Å². The first-order chi connectivity index (χ1) is 10.1. The summed E-state index contributed by atoms with van der Waals surface area (Å²) >= 11 is 6.22. The van der Waals surface area contributed by atoms with E-state index in [4.69, 9.17) is 22.1 Å². The largest absolute Gasteiger partial charge is 0.462 e. The van der Waals surface area contributed by atoms with Crippen molar-refractivity contribution in [3.63, 3.8) is 0 Å². The summed E-state index contributed by atoms with van der Waals surface area (Å²) < 4.78 is 5.07. The average molecular weight is 311 g/mol. The van der Waals surface area contributed by atoms with Crippen molar-refractivity contribution >= 4 is 28.9 Å². The highest BCUT2D eigenvalue weighted by Crippen LogP contribution is 2.31. The van der Waals surface area contributed by atoms with Gasteiger partial charge in [0.25, 0.3) is 0 Å². The quantitative estimate of drug-likeness (QED) is 0.613. The Labute approximate surface area is 131 Å². The SMILES string of the molecule is CCOC(=O)c1cc(N)cc(Cl)c1NCCC1CCCC1. The summed E-state index contributed by atoms with van der Waals surface area (Å²) in [6, 6.07) is 3.27. The maximum atomic E-state index is 12.0. The van der Waals surface area contributed by atoms with Crippen molar-refractivity contribution in [1.29, 1.82) is 0 Å². The van der Waals surface area contributed by atoms with Crippen molar-refractivity contribution in [3.05, 3.63) is 22.7 Å². The first-order valence-corrected chi connectivity index (χ1v) is 7.99. The fraction of sp³-hybridized carbons (Fsp3) is 0.562. The number of nitrogens with two attached hydrogens (primary N) is 1. The molecule has 0 amide bonds. The van der Waals surface area contributed by atoms with Crippen LogP contribution in [0.2, 0.25) is 5.02 Å². The van der Waals surface area contributed by atoms with Crippen molar-refractivity contribution in [2.24, 2.45) is 5.92 Å². The summed E-state index contributed by atoms with van der Waals surface area (Å²) in [5.74, 6) is 0.395. The molecule has 2 rings (SSSR count). The lowest BCUT2D eigenvalue weighted by atomic mass is 10.0. The summed E-state index contributed by atoms with van der Waals surface area (Å²) in [4.78, 5) is 12.0. The van der Waals surface area contributed by atoms with Crippen LogP contribution in [-0.2, 0) is 4.74 Å². The van der Waals surface area contributed by atoms with E-state index in [1.165, 1.54) is 25.7 Å². The molecule has 116 valence electrons. The van der Waals surface area contributed by atoms with Crippen LogP contribution in [0.3, 0.4) is 0 Å². The zero-order chi connectivity index (χ0) is 15.2. The maximum absolute atomic E-state index is 12.0. The number of nitrogens with one attached hydrogen (secondary N) is 1. The molecule has 1 aliphatic rings. The van der Waals surface area contributed by atoms with Crippen LogP contribution in [0.15, 0.2) is 12.1 Å².